The molecule has 0 aliphatic rings. The Bertz CT molecular complexity index is 540. The van der Waals surface area contributed by atoms with Crippen LogP contribution >= 0.6 is 7.81 Å². The van der Waals surface area contributed by atoms with E-state index in [0.29, 0.717) is 5.54 Å². The summed E-state index contributed by atoms with van der Waals surface area (Å²) in [5, 5.41) is 0. The van der Waals surface area contributed by atoms with Crippen molar-refractivity contribution >= 4 is 7.81 Å². The van der Waals surface area contributed by atoms with Crippen LogP contribution in [0.5, 0.6) is 0 Å². The predicted molar refractivity (Wildman–Crippen MR) is 189 cm³/mol. The van der Waals surface area contributed by atoms with E-state index in [0.717, 1.165) is 0 Å². The van der Waals surface area contributed by atoms with Crippen molar-refractivity contribution in [2.45, 2.75) is 238 Å². The van der Waals surface area contributed by atoms with E-state index in [9.17, 15) is 25.2 Å². The molecule has 0 rings (SSSR count). The van der Waals surface area contributed by atoms with Crippen molar-refractivity contribution in [1.29, 1.82) is 0 Å². The number of quaternary nitrogens is 1. The van der Waals surface area contributed by atoms with Crippen molar-refractivity contribution in [2.24, 2.45) is 0 Å². The molecule has 0 atom stereocenters. The summed E-state index contributed by atoms with van der Waals surface area (Å²) in [4.78, 5) is 0. The van der Waals surface area contributed by atoms with Gasteiger partial charge in [-0.25, -0.2) is 0 Å². The molecule has 0 aliphatic heterocycles. The van der Waals surface area contributed by atoms with Gasteiger partial charge in [-0.15, -0.1) is 0 Å². The van der Waals surface area contributed by atoms with Gasteiger partial charge in [-0.05, 0) is 19.3 Å². The van der Waals surface area contributed by atoms with Crippen LogP contribution in [0.1, 0.15) is 233 Å². The Morgan fingerprint density at radius 3 is 0.600 bits per heavy atom. The third-order valence-electron chi connectivity index (χ3n) is 9.18. The predicted octanol–water partition coefficient (Wildman–Crippen LogP) is 16.3. The SMILES string of the molecule is CCCCCCCCCCCCC([NH3+])(CCCCCCCCCCCC)CCCCCCCCCCCC.F[P-](F)(F)(F)(F)F. The average molecular weight is 682 g/mol. The summed E-state index contributed by atoms with van der Waals surface area (Å²) >= 11 is 0. The summed E-state index contributed by atoms with van der Waals surface area (Å²) < 4.78 is 59.2. The van der Waals surface area contributed by atoms with Crippen molar-refractivity contribution in [2.75, 3.05) is 0 Å². The summed E-state index contributed by atoms with van der Waals surface area (Å²) in [6.07, 6.45) is 47.5. The Balaban J connectivity index is 0. The number of hydrogen-bond acceptors (Lipinski definition) is 0. The molecule has 0 radical (unpaired) electrons. The van der Waals surface area contributed by atoms with Gasteiger partial charge >= 0.3 is 33.0 Å². The zero-order valence-electron chi connectivity index (χ0n) is 30.3. The van der Waals surface area contributed by atoms with Gasteiger partial charge in [0.2, 0.25) is 0 Å². The van der Waals surface area contributed by atoms with Crippen LogP contribution in [0, 0.1) is 0 Å². The maximum atomic E-state index is 9.87. The summed E-state index contributed by atoms with van der Waals surface area (Å²) in [5.74, 6) is 0. The van der Waals surface area contributed by atoms with Gasteiger partial charge in [0.05, 0.1) is 5.54 Å². The van der Waals surface area contributed by atoms with Gasteiger partial charge in [0, 0.05) is 19.3 Å². The van der Waals surface area contributed by atoms with Gasteiger partial charge < -0.3 is 5.73 Å². The van der Waals surface area contributed by atoms with Gasteiger partial charge in [0.15, 0.2) is 0 Å². The van der Waals surface area contributed by atoms with E-state index in [1.54, 1.807) is 0 Å². The van der Waals surface area contributed by atoms with Crippen LogP contribution < -0.4 is 5.73 Å². The van der Waals surface area contributed by atoms with Crippen molar-refractivity contribution in [1.82, 2.24) is 0 Å². The maximum absolute atomic E-state index is 10.7. The summed E-state index contributed by atoms with van der Waals surface area (Å²) in [6.45, 7) is 6.95. The molecule has 278 valence electrons. The number of hydrogen-bond donors (Lipinski definition) is 1. The first-order valence-corrected chi connectivity index (χ1v) is 21.6. The number of rotatable bonds is 33. The Morgan fingerprint density at radius 1 is 0.311 bits per heavy atom. The molecule has 0 aromatic heterocycles. The van der Waals surface area contributed by atoms with Crippen LogP contribution in [0.25, 0.3) is 0 Å². The van der Waals surface area contributed by atoms with Crippen LogP contribution in [0.3, 0.4) is 0 Å². The van der Waals surface area contributed by atoms with Gasteiger partial charge in [0.1, 0.15) is 0 Å². The minimum atomic E-state index is -10.7. The Morgan fingerprint density at radius 2 is 0.444 bits per heavy atom. The topological polar surface area (TPSA) is 27.6 Å². The zero-order chi connectivity index (χ0) is 34.2. The fourth-order valence-electron chi connectivity index (χ4n) is 6.34. The summed E-state index contributed by atoms with van der Waals surface area (Å²) in [5.41, 5.74) is 5.27. The van der Waals surface area contributed by atoms with Gasteiger partial charge in [-0.1, -0.05) is 194 Å². The number of unbranched alkanes of at least 4 members (excludes halogenated alkanes) is 27. The molecular formula is C37H78F6NP. The first-order chi connectivity index (χ1) is 21.1. The molecule has 0 aromatic rings. The Hall–Kier alpha value is -0.0300. The van der Waals surface area contributed by atoms with Crippen molar-refractivity contribution < 1.29 is 30.9 Å². The molecule has 45 heavy (non-hydrogen) atoms. The average Bonchev–Trinajstić information content (AvgIpc) is 2.94. The molecule has 0 bridgehead atoms. The van der Waals surface area contributed by atoms with Crippen LogP contribution in [-0.2, 0) is 0 Å². The van der Waals surface area contributed by atoms with Crippen LogP contribution in [0.4, 0.5) is 25.2 Å². The fourth-order valence-corrected chi connectivity index (χ4v) is 6.34. The van der Waals surface area contributed by atoms with Crippen molar-refractivity contribution in [3.05, 3.63) is 0 Å². The zero-order valence-corrected chi connectivity index (χ0v) is 31.2. The van der Waals surface area contributed by atoms with Crippen LogP contribution in [-0.4, -0.2) is 5.54 Å². The van der Waals surface area contributed by atoms with E-state index in [1.807, 2.05) is 0 Å². The molecule has 0 aromatic carbocycles. The van der Waals surface area contributed by atoms with E-state index >= 15 is 0 Å². The monoisotopic (exact) mass is 682 g/mol. The Labute approximate surface area is 276 Å². The second-order valence-corrected chi connectivity index (χ2v) is 16.2. The fraction of sp³-hybridized carbons (Fsp3) is 1.00. The van der Waals surface area contributed by atoms with E-state index in [-0.39, 0.29) is 0 Å². The molecule has 0 amide bonds. The quantitative estimate of drug-likeness (QED) is 0.0406. The first-order valence-electron chi connectivity index (χ1n) is 19.5. The molecule has 8 heteroatoms. The van der Waals surface area contributed by atoms with Crippen molar-refractivity contribution in [3.8, 4) is 0 Å². The molecule has 0 fully saturated rings. The molecule has 0 saturated heterocycles. The molecule has 0 unspecified atom stereocenters. The Kier molecular flexibility index (Phi) is 29.2. The third kappa shape index (κ3) is 51.0. The normalized spacial score (nSPS) is 13.7. The van der Waals surface area contributed by atoms with Crippen LogP contribution in [0.2, 0.25) is 0 Å². The van der Waals surface area contributed by atoms with Gasteiger partial charge in [-0.2, -0.15) is 0 Å². The molecule has 3 N–H and O–H groups in total. The molecule has 0 spiro atoms. The molecular weight excluding hydrogens is 603 g/mol. The summed E-state index contributed by atoms with van der Waals surface area (Å²) in [6, 6.07) is 0. The molecule has 0 saturated carbocycles. The van der Waals surface area contributed by atoms with E-state index < -0.39 is 7.81 Å². The van der Waals surface area contributed by atoms with Gasteiger partial charge in [-0.3, -0.25) is 0 Å². The van der Waals surface area contributed by atoms with Crippen molar-refractivity contribution in [3.63, 3.8) is 0 Å². The molecule has 0 aliphatic carbocycles. The van der Waals surface area contributed by atoms with E-state index in [4.69, 9.17) is 5.73 Å². The standard InChI is InChI=1S/C37H77N.F6P/c1-4-7-10-13-16-19-22-25-28-31-34-37(38,35-32-29-26-23-20-17-14-11-8-5-2)36-33-30-27-24-21-18-15-12-9-6-3;1-7(2,3,4,5)6/h4-36,38H2,1-3H3;/q;-1/p+1. The van der Waals surface area contributed by atoms with Gasteiger partial charge in [0.25, 0.3) is 0 Å². The molecule has 1 nitrogen and oxygen atoms in total. The van der Waals surface area contributed by atoms with E-state index in [1.165, 1.54) is 212 Å². The second kappa shape index (κ2) is 27.9. The number of halogens is 6. The van der Waals surface area contributed by atoms with E-state index in [2.05, 4.69) is 20.8 Å². The molecule has 0 heterocycles. The van der Waals surface area contributed by atoms with Crippen LogP contribution in [0.15, 0.2) is 0 Å². The summed E-state index contributed by atoms with van der Waals surface area (Å²) in [7, 11) is -10.7. The second-order valence-electron chi connectivity index (χ2n) is 14.3. The third-order valence-corrected chi connectivity index (χ3v) is 9.18. The first kappa shape index (κ1) is 47.1. The minimum absolute atomic E-state index is 0.375.